The largest absolute Gasteiger partial charge is 0.489 e. The van der Waals surface area contributed by atoms with E-state index in [4.69, 9.17) is 4.74 Å². The number of rotatable bonds is 6. The van der Waals surface area contributed by atoms with E-state index < -0.39 is 6.04 Å². The Bertz CT molecular complexity index is 1040. The van der Waals surface area contributed by atoms with E-state index in [-0.39, 0.29) is 24.0 Å². The smallest absolute Gasteiger partial charge is 0.255 e. The first-order chi connectivity index (χ1) is 15.6. The normalized spacial score (nSPS) is 25.1. The molecule has 2 N–H and O–H groups in total. The Hall–Kier alpha value is -3.19. The molecule has 1 saturated carbocycles. The van der Waals surface area contributed by atoms with Crippen LogP contribution in [0.1, 0.15) is 53.7 Å². The number of hydrogen-bond donors (Lipinski definition) is 2. The number of pyridine rings is 1. The van der Waals surface area contributed by atoms with Gasteiger partial charge in [-0.1, -0.05) is 12.6 Å². The van der Waals surface area contributed by atoms with Crippen molar-refractivity contribution in [1.82, 2.24) is 20.5 Å². The molecule has 2 amide bonds. The Morgan fingerprint density at radius 3 is 2.91 bits per heavy atom. The number of amides is 2. The van der Waals surface area contributed by atoms with E-state index in [1.165, 1.54) is 0 Å². The van der Waals surface area contributed by atoms with Gasteiger partial charge in [-0.15, -0.1) is 0 Å². The summed E-state index contributed by atoms with van der Waals surface area (Å²) in [7, 11) is 0. The summed E-state index contributed by atoms with van der Waals surface area (Å²) in [4.78, 5) is 31.3. The topological polar surface area (TPSA) is 83.6 Å². The molecule has 166 valence electrons. The maximum atomic E-state index is 12.9. The first-order valence-electron chi connectivity index (χ1n) is 11.3. The lowest BCUT2D eigenvalue weighted by Crippen LogP contribution is -2.49. The van der Waals surface area contributed by atoms with Gasteiger partial charge in [0.25, 0.3) is 5.91 Å². The van der Waals surface area contributed by atoms with Crippen molar-refractivity contribution in [3.05, 3.63) is 71.7 Å². The molecule has 0 radical (unpaired) electrons. The number of allylic oxidation sites excluding steroid dienone is 1. The van der Waals surface area contributed by atoms with E-state index in [9.17, 15) is 9.59 Å². The highest BCUT2D eigenvalue weighted by molar-refractivity contribution is 6.01. The Balaban J connectivity index is 1.24. The molecule has 7 nitrogen and oxygen atoms in total. The number of nitrogens with zero attached hydrogens (tertiary/aromatic N) is 2. The molecule has 7 heteroatoms. The maximum Gasteiger partial charge on any atom is 0.255 e. The lowest BCUT2D eigenvalue weighted by atomic mass is 10.0. The van der Waals surface area contributed by atoms with Crippen LogP contribution in [0.25, 0.3) is 0 Å². The van der Waals surface area contributed by atoms with Crippen molar-refractivity contribution in [1.29, 1.82) is 0 Å². The van der Waals surface area contributed by atoms with Crippen molar-refractivity contribution in [3.63, 3.8) is 0 Å². The van der Waals surface area contributed by atoms with Gasteiger partial charge >= 0.3 is 0 Å². The number of ether oxygens (including phenoxy) is 1. The minimum atomic E-state index is -0.445. The van der Waals surface area contributed by atoms with Crippen molar-refractivity contribution < 1.29 is 14.3 Å². The van der Waals surface area contributed by atoms with Gasteiger partial charge in [-0.2, -0.15) is 0 Å². The summed E-state index contributed by atoms with van der Waals surface area (Å²) >= 11 is 0. The molecule has 3 atom stereocenters. The van der Waals surface area contributed by atoms with E-state index in [0.29, 0.717) is 30.6 Å². The van der Waals surface area contributed by atoms with Gasteiger partial charge in [0, 0.05) is 36.6 Å². The first kappa shape index (κ1) is 20.7. The van der Waals surface area contributed by atoms with Gasteiger partial charge in [0.2, 0.25) is 5.91 Å². The van der Waals surface area contributed by atoms with Crippen LogP contribution in [0.15, 0.2) is 54.9 Å². The zero-order valence-electron chi connectivity index (χ0n) is 18.0. The van der Waals surface area contributed by atoms with Crippen LogP contribution in [0.5, 0.6) is 5.75 Å². The van der Waals surface area contributed by atoms with Crippen molar-refractivity contribution in [2.75, 3.05) is 0 Å². The van der Waals surface area contributed by atoms with Gasteiger partial charge in [0.1, 0.15) is 17.9 Å². The maximum absolute atomic E-state index is 12.9. The van der Waals surface area contributed by atoms with Gasteiger partial charge in [-0.3, -0.25) is 14.6 Å². The Labute approximate surface area is 187 Å². The van der Waals surface area contributed by atoms with Gasteiger partial charge in [0.05, 0.1) is 5.69 Å². The van der Waals surface area contributed by atoms with Crippen LogP contribution >= 0.6 is 0 Å². The number of fused-ring (bicyclic) bond motifs is 1. The minimum Gasteiger partial charge on any atom is -0.489 e. The third-order valence-corrected chi connectivity index (χ3v) is 6.62. The molecule has 0 spiro atoms. The number of carbonyl (C=O) groups is 2. The summed E-state index contributed by atoms with van der Waals surface area (Å²) in [5.41, 5.74) is 3.31. The van der Waals surface area contributed by atoms with Crippen molar-refractivity contribution in [2.45, 2.75) is 63.4 Å². The molecule has 0 bridgehead atoms. The highest BCUT2D eigenvalue weighted by Crippen LogP contribution is 2.32. The molecule has 3 heterocycles. The second-order valence-electron chi connectivity index (χ2n) is 8.79. The van der Waals surface area contributed by atoms with E-state index >= 15 is 0 Å². The van der Waals surface area contributed by atoms with Gasteiger partial charge in [-0.05, 0) is 68.0 Å². The zero-order valence-corrected chi connectivity index (χ0v) is 18.0. The summed E-state index contributed by atoms with van der Waals surface area (Å²) < 4.78 is 6.35. The Morgan fingerprint density at radius 2 is 2.09 bits per heavy atom. The quantitative estimate of drug-likeness (QED) is 0.733. The molecule has 2 aliphatic heterocycles. The zero-order chi connectivity index (χ0) is 22.1. The molecule has 1 aromatic carbocycles. The van der Waals surface area contributed by atoms with Crippen LogP contribution < -0.4 is 15.4 Å². The lowest BCUT2D eigenvalue weighted by Gasteiger charge is -2.30. The van der Waals surface area contributed by atoms with Gasteiger partial charge in [-0.25, -0.2) is 0 Å². The summed E-state index contributed by atoms with van der Waals surface area (Å²) in [6.45, 7) is 4.97. The SMILES string of the molecule is C=C1CCC(N2Cc3cc(O[C@H]4CCC[C@@H]4NCc4ccccn4)ccc3C2=O)C(=O)N1. The monoisotopic (exact) mass is 432 g/mol. The van der Waals surface area contributed by atoms with Crippen molar-refractivity contribution in [2.24, 2.45) is 0 Å². The van der Waals surface area contributed by atoms with Crippen molar-refractivity contribution >= 4 is 11.8 Å². The number of benzene rings is 1. The first-order valence-corrected chi connectivity index (χ1v) is 11.3. The number of carbonyl (C=O) groups excluding carboxylic acids is 2. The fraction of sp³-hybridized carbons (Fsp3) is 0.400. The molecule has 2 fully saturated rings. The number of aromatic nitrogens is 1. The molecule has 5 rings (SSSR count). The lowest BCUT2D eigenvalue weighted by molar-refractivity contribution is -0.126. The third kappa shape index (κ3) is 4.12. The number of piperidine rings is 1. The summed E-state index contributed by atoms with van der Waals surface area (Å²) in [6.07, 6.45) is 6.37. The van der Waals surface area contributed by atoms with Gasteiger partial charge in [0.15, 0.2) is 0 Å². The van der Waals surface area contributed by atoms with E-state index in [2.05, 4.69) is 22.2 Å². The van der Waals surface area contributed by atoms with Crippen LogP contribution in [0, 0.1) is 0 Å². The molecule has 1 aromatic heterocycles. The van der Waals surface area contributed by atoms with Crippen LogP contribution in [0.4, 0.5) is 0 Å². The Morgan fingerprint density at radius 1 is 1.19 bits per heavy atom. The fourth-order valence-corrected chi connectivity index (χ4v) is 4.92. The Kier molecular flexibility index (Phi) is 5.66. The van der Waals surface area contributed by atoms with Crippen LogP contribution in [-0.4, -0.2) is 39.9 Å². The molecule has 1 saturated heterocycles. The predicted molar refractivity (Wildman–Crippen MR) is 120 cm³/mol. The molecule has 32 heavy (non-hydrogen) atoms. The molecule has 3 aliphatic rings. The van der Waals surface area contributed by atoms with Gasteiger partial charge < -0.3 is 20.3 Å². The highest BCUT2D eigenvalue weighted by Gasteiger charge is 2.38. The molecule has 2 aromatic rings. The third-order valence-electron chi connectivity index (χ3n) is 6.62. The number of hydrogen-bond acceptors (Lipinski definition) is 5. The van der Waals surface area contributed by atoms with E-state index in [0.717, 1.165) is 42.8 Å². The van der Waals surface area contributed by atoms with Crippen LogP contribution in [0.3, 0.4) is 0 Å². The number of nitrogens with one attached hydrogen (secondary N) is 2. The predicted octanol–water partition coefficient (Wildman–Crippen LogP) is 2.92. The highest BCUT2D eigenvalue weighted by atomic mass is 16.5. The summed E-state index contributed by atoms with van der Waals surface area (Å²) in [6, 6.07) is 11.4. The fourth-order valence-electron chi connectivity index (χ4n) is 4.92. The van der Waals surface area contributed by atoms with E-state index in [1.807, 2.05) is 42.6 Å². The molecular formula is C25H28N4O3. The molecule has 1 aliphatic carbocycles. The second kappa shape index (κ2) is 8.74. The molecule has 1 unspecified atom stereocenters. The average molecular weight is 433 g/mol. The average Bonchev–Trinajstić information content (AvgIpc) is 3.37. The summed E-state index contributed by atoms with van der Waals surface area (Å²) in [5.74, 6) is 0.540. The molecular weight excluding hydrogens is 404 g/mol. The second-order valence-corrected chi connectivity index (χ2v) is 8.79. The minimum absolute atomic E-state index is 0.0834. The van der Waals surface area contributed by atoms with Crippen LogP contribution in [-0.2, 0) is 17.9 Å². The summed E-state index contributed by atoms with van der Waals surface area (Å²) in [5, 5.41) is 6.36. The van der Waals surface area contributed by atoms with E-state index in [1.54, 1.807) is 4.90 Å². The van der Waals surface area contributed by atoms with Crippen molar-refractivity contribution in [3.8, 4) is 5.75 Å². The van der Waals surface area contributed by atoms with Crippen LogP contribution in [0.2, 0.25) is 0 Å². The standard InChI is InChI=1S/C25H28N4O3/c1-16-8-11-22(24(30)28-16)29-15-17-13-19(9-10-20(17)25(29)31)32-23-7-4-6-21(23)27-14-18-5-2-3-12-26-18/h2-3,5,9-10,12-13,21-23,27H,1,4,6-8,11,14-15H2,(H,28,30)/t21-,22?,23-/m0/s1.